The number of ketones is 1. The third-order valence-corrected chi connectivity index (χ3v) is 8.23. The van der Waals surface area contributed by atoms with Crippen molar-refractivity contribution in [1.29, 1.82) is 0 Å². The predicted molar refractivity (Wildman–Crippen MR) is 142 cm³/mol. The lowest BCUT2D eigenvalue weighted by atomic mass is 9.77. The van der Waals surface area contributed by atoms with Gasteiger partial charge >= 0.3 is 0 Å². The van der Waals surface area contributed by atoms with Crippen LogP contribution in [0.3, 0.4) is 0 Å². The molecule has 7 nitrogen and oxygen atoms in total. The summed E-state index contributed by atoms with van der Waals surface area (Å²) in [5.41, 5.74) is 1.45. The summed E-state index contributed by atoms with van der Waals surface area (Å²) in [6.45, 7) is 2.34. The molecule has 37 heavy (non-hydrogen) atoms. The molecule has 3 aromatic rings. The molecule has 2 amide bonds. The number of benzene rings is 2. The van der Waals surface area contributed by atoms with Crippen LogP contribution in [0.1, 0.15) is 32.8 Å². The van der Waals surface area contributed by atoms with Crippen molar-refractivity contribution >= 4 is 28.9 Å². The average Bonchev–Trinajstić information content (AvgIpc) is 3.60. The highest BCUT2D eigenvalue weighted by Crippen LogP contribution is 2.52. The number of hydrogen-bond donors (Lipinski definition) is 1. The Labute approximate surface area is 221 Å². The van der Waals surface area contributed by atoms with Gasteiger partial charge in [-0.1, -0.05) is 66.7 Å². The Morgan fingerprint density at radius 3 is 2.24 bits per heavy atom. The van der Waals surface area contributed by atoms with E-state index >= 15 is 0 Å². The Morgan fingerprint density at radius 1 is 0.946 bits per heavy atom. The lowest BCUT2D eigenvalue weighted by molar-refractivity contribution is -0.148. The van der Waals surface area contributed by atoms with E-state index in [1.807, 2.05) is 83.1 Å². The van der Waals surface area contributed by atoms with Crippen molar-refractivity contribution in [3.05, 3.63) is 94.2 Å². The van der Waals surface area contributed by atoms with Crippen molar-refractivity contribution < 1.29 is 19.1 Å². The zero-order valence-corrected chi connectivity index (χ0v) is 21.6. The fourth-order valence-electron chi connectivity index (χ4n) is 5.70. The minimum absolute atomic E-state index is 0.0707. The number of carbonyl (C=O) groups excluding carboxylic acids is 3. The van der Waals surface area contributed by atoms with Crippen LogP contribution >= 0.6 is 11.3 Å². The van der Waals surface area contributed by atoms with Gasteiger partial charge in [-0.05, 0) is 17.0 Å². The van der Waals surface area contributed by atoms with Crippen LogP contribution in [-0.2, 0) is 14.3 Å². The Kier molecular flexibility index (Phi) is 7.79. The molecule has 2 saturated heterocycles. The average molecular weight is 518 g/mol. The third-order valence-electron chi connectivity index (χ3n) is 7.28. The van der Waals surface area contributed by atoms with Gasteiger partial charge in [-0.2, -0.15) is 0 Å². The van der Waals surface area contributed by atoms with Crippen LogP contribution in [0.2, 0.25) is 0 Å². The SMILES string of the molecule is COCC(=O)N1C(C(=O)N2CCNCC2)C(c2ccccc2)C(C(=O)c2ccccc2)C1c1cccs1. The van der Waals surface area contributed by atoms with Crippen molar-refractivity contribution in [2.75, 3.05) is 39.9 Å². The predicted octanol–water partition coefficient (Wildman–Crippen LogP) is 3.36. The molecule has 3 heterocycles. The van der Waals surface area contributed by atoms with Crippen LogP contribution in [0.5, 0.6) is 0 Å². The number of ether oxygens (including phenoxy) is 1. The maximum absolute atomic E-state index is 14.3. The Morgan fingerprint density at radius 2 is 1.62 bits per heavy atom. The van der Waals surface area contributed by atoms with Gasteiger partial charge in [-0.25, -0.2) is 0 Å². The van der Waals surface area contributed by atoms with E-state index in [0.29, 0.717) is 31.7 Å². The van der Waals surface area contributed by atoms with Gasteiger partial charge in [0.1, 0.15) is 12.6 Å². The summed E-state index contributed by atoms with van der Waals surface area (Å²) < 4.78 is 5.27. The Bertz CT molecular complexity index is 1210. The number of likely N-dealkylation sites (tertiary alicyclic amines) is 1. The molecule has 0 radical (unpaired) electrons. The van der Waals surface area contributed by atoms with Gasteiger partial charge in [0.05, 0.1) is 12.0 Å². The lowest BCUT2D eigenvalue weighted by Crippen LogP contribution is -2.55. The normalized spacial score (nSPS) is 23.7. The first-order valence-corrected chi connectivity index (χ1v) is 13.5. The van der Waals surface area contributed by atoms with Crippen molar-refractivity contribution in [3.8, 4) is 0 Å². The number of Topliss-reactive ketones (excluding diaryl/α,β-unsaturated/α-hetero) is 1. The molecule has 4 unspecified atom stereocenters. The van der Waals surface area contributed by atoms with E-state index in [9.17, 15) is 14.4 Å². The molecule has 0 spiro atoms. The van der Waals surface area contributed by atoms with Gasteiger partial charge < -0.3 is 19.9 Å². The number of amides is 2. The Hall–Kier alpha value is -3.33. The first kappa shape index (κ1) is 25.3. The zero-order valence-electron chi connectivity index (χ0n) is 20.8. The number of methoxy groups -OCH3 is 1. The van der Waals surface area contributed by atoms with Crippen molar-refractivity contribution in [3.63, 3.8) is 0 Å². The zero-order chi connectivity index (χ0) is 25.8. The van der Waals surface area contributed by atoms with E-state index in [-0.39, 0.29) is 24.2 Å². The number of thiophene rings is 1. The third kappa shape index (κ3) is 4.97. The van der Waals surface area contributed by atoms with Crippen LogP contribution < -0.4 is 5.32 Å². The first-order chi connectivity index (χ1) is 18.1. The summed E-state index contributed by atoms with van der Waals surface area (Å²) in [6.07, 6.45) is 0. The van der Waals surface area contributed by atoms with E-state index in [1.165, 1.54) is 18.4 Å². The molecular formula is C29H31N3O4S. The number of piperazine rings is 1. The van der Waals surface area contributed by atoms with Crippen molar-refractivity contribution in [2.24, 2.45) is 5.92 Å². The highest BCUT2D eigenvalue weighted by atomic mass is 32.1. The summed E-state index contributed by atoms with van der Waals surface area (Å²) in [6, 6.07) is 21.3. The van der Waals surface area contributed by atoms with E-state index in [1.54, 1.807) is 4.90 Å². The number of carbonyl (C=O) groups is 3. The summed E-state index contributed by atoms with van der Waals surface area (Å²) in [4.78, 5) is 46.7. The molecule has 2 aliphatic rings. The molecule has 0 bridgehead atoms. The minimum Gasteiger partial charge on any atom is -0.375 e. The summed E-state index contributed by atoms with van der Waals surface area (Å²) in [5.74, 6) is -1.63. The maximum atomic E-state index is 14.3. The largest absolute Gasteiger partial charge is 0.375 e. The molecule has 5 rings (SSSR count). The smallest absolute Gasteiger partial charge is 0.249 e. The fourth-order valence-corrected chi connectivity index (χ4v) is 6.58. The highest BCUT2D eigenvalue weighted by molar-refractivity contribution is 7.10. The quantitative estimate of drug-likeness (QED) is 0.487. The van der Waals surface area contributed by atoms with Crippen LogP contribution in [0, 0.1) is 5.92 Å². The van der Waals surface area contributed by atoms with Gasteiger partial charge in [0.25, 0.3) is 0 Å². The first-order valence-electron chi connectivity index (χ1n) is 12.6. The molecule has 1 aromatic heterocycles. The van der Waals surface area contributed by atoms with Gasteiger partial charge in [0, 0.05) is 49.6 Å². The molecule has 2 aromatic carbocycles. The van der Waals surface area contributed by atoms with Crippen LogP contribution in [0.15, 0.2) is 78.2 Å². The number of nitrogens with one attached hydrogen (secondary N) is 1. The van der Waals surface area contributed by atoms with Gasteiger partial charge in [0.2, 0.25) is 11.8 Å². The molecular weight excluding hydrogens is 486 g/mol. The number of hydrogen-bond acceptors (Lipinski definition) is 6. The van der Waals surface area contributed by atoms with Gasteiger partial charge in [-0.15, -0.1) is 11.3 Å². The molecule has 2 aliphatic heterocycles. The van der Waals surface area contributed by atoms with Crippen molar-refractivity contribution in [2.45, 2.75) is 18.0 Å². The molecule has 2 fully saturated rings. The molecule has 4 atom stereocenters. The standard InChI is InChI=1S/C29H31N3O4S/c1-36-19-23(33)32-26(22-13-8-18-37-22)25(28(34)21-11-6-3-7-12-21)24(20-9-4-2-5-10-20)27(32)29(35)31-16-14-30-15-17-31/h2-13,18,24-27,30H,14-17,19H2,1H3. The monoisotopic (exact) mass is 517 g/mol. The topological polar surface area (TPSA) is 79.0 Å². The number of rotatable bonds is 7. The molecule has 192 valence electrons. The number of nitrogens with zero attached hydrogens (tertiary/aromatic N) is 2. The van der Waals surface area contributed by atoms with Crippen molar-refractivity contribution in [1.82, 2.24) is 15.1 Å². The van der Waals surface area contributed by atoms with Gasteiger partial charge in [-0.3, -0.25) is 14.4 Å². The van der Waals surface area contributed by atoms with Crippen LogP contribution in [0.25, 0.3) is 0 Å². The minimum atomic E-state index is -0.826. The summed E-state index contributed by atoms with van der Waals surface area (Å²) in [7, 11) is 1.47. The van der Waals surface area contributed by atoms with E-state index in [2.05, 4.69) is 5.32 Å². The van der Waals surface area contributed by atoms with Gasteiger partial charge in [0.15, 0.2) is 5.78 Å². The second-order valence-corrected chi connectivity index (χ2v) is 10.4. The van der Waals surface area contributed by atoms with E-state index < -0.39 is 23.9 Å². The summed E-state index contributed by atoms with van der Waals surface area (Å²) >= 11 is 1.50. The molecule has 0 aliphatic carbocycles. The van der Waals surface area contributed by atoms with Crippen LogP contribution in [0.4, 0.5) is 0 Å². The van der Waals surface area contributed by atoms with Crippen LogP contribution in [-0.4, -0.2) is 73.3 Å². The highest BCUT2D eigenvalue weighted by Gasteiger charge is 2.58. The summed E-state index contributed by atoms with van der Waals surface area (Å²) in [5, 5.41) is 5.24. The Balaban J connectivity index is 1.71. The second-order valence-electron chi connectivity index (χ2n) is 9.41. The lowest BCUT2D eigenvalue weighted by Gasteiger charge is -2.36. The van der Waals surface area contributed by atoms with E-state index in [4.69, 9.17) is 4.74 Å². The molecule has 8 heteroatoms. The maximum Gasteiger partial charge on any atom is 0.249 e. The molecule has 0 saturated carbocycles. The van der Waals surface area contributed by atoms with E-state index in [0.717, 1.165) is 10.4 Å². The second kappa shape index (κ2) is 11.4. The fraction of sp³-hybridized carbons (Fsp3) is 0.345. The molecule has 1 N–H and O–H groups in total.